The molecule has 0 N–H and O–H groups in total. The first-order chi connectivity index (χ1) is 6.83. The van der Waals surface area contributed by atoms with E-state index in [9.17, 15) is 0 Å². The standard InChI is InChI=1S/C10H10N4/c1-14-6-5-8-3-2-4-9(10(8)14)7-12-13-11/h2-6H,7H2,1H3. The molecule has 1 aromatic carbocycles. The lowest BCUT2D eigenvalue weighted by molar-refractivity contribution is 0.947. The van der Waals surface area contributed by atoms with Gasteiger partial charge >= 0.3 is 0 Å². The van der Waals surface area contributed by atoms with Crippen LogP contribution in [0.25, 0.3) is 21.3 Å². The van der Waals surface area contributed by atoms with E-state index >= 15 is 0 Å². The van der Waals surface area contributed by atoms with E-state index in [4.69, 9.17) is 5.53 Å². The lowest BCUT2D eigenvalue weighted by Gasteiger charge is -2.02. The summed E-state index contributed by atoms with van der Waals surface area (Å²) in [5.41, 5.74) is 10.5. The Bertz CT molecular complexity index is 506. The molecule has 0 radical (unpaired) electrons. The highest BCUT2D eigenvalue weighted by atomic mass is 15.1. The molecule has 0 saturated heterocycles. The number of benzene rings is 1. The number of para-hydroxylation sites is 1. The fourth-order valence-corrected chi connectivity index (χ4v) is 1.68. The van der Waals surface area contributed by atoms with Gasteiger partial charge in [0.25, 0.3) is 0 Å². The normalized spacial score (nSPS) is 10.1. The van der Waals surface area contributed by atoms with Gasteiger partial charge in [0.2, 0.25) is 0 Å². The van der Waals surface area contributed by atoms with Crippen LogP contribution in [0.1, 0.15) is 5.56 Å². The second-order valence-electron chi connectivity index (χ2n) is 3.17. The van der Waals surface area contributed by atoms with Gasteiger partial charge in [0.05, 0.1) is 12.1 Å². The highest BCUT2D eigenvalue weighted by Crippen LogP contribution is 2.19. The van der Waals surface area contributed by atoms with Crippen molar-refractivity contribution in [1.29, 1.82) is 0 Å². The molecule has 0 bridgehead atoms. The van der Waals surface area contributed by atoms with E-state index in [-0.39, 0.29) is 0 Å². The molecule has 0 amide bonds. The Balaban J connectivity index is 2.62. The monoisotopic (exact) mass is 186 g/mol. The summed E-state index contributed by atoms with van der Waals surface area (Å²) < 4.78 is 2.04. The zero-order valence-corrected chi connectivity index (χ0v) is 7.88. The van der Waals surface area contributed by atoms with E-state index in [0.29, 0.717) is 6.54 Å². The first-order valence-electron chi connectivity index (χ1n) is 4.36. The summed E-state index contributed by atoms with van der Waals surface area (Å²) in [4.78, 5) is 2.77. The maximum atomic E-state index is 8.27. The number of aromatic nitrogens is 1. The molecule has 0 aliphatic rings. The SMILES string of the molecule is Cn1ccc2cccc(CN=[N+]=[N-])c21. The van der Waals surface area contributed by atoms with Crippen molar-refractivity contribution in [3.63, 3.8) is 0 Å². The molecule has 0 aliphatic heterocycles. The topological polar surface area (TPSA) is 53.7 Å². The molecule has 0 unspecified atom stereocenters. The van der Waals surface area contributed by atoms with Crippen LogP contribution in [0, 0.1) is 0 Å². The molecule has 1 heterocycles. The van der Waals surface area contributed by atoms with Crippen molar-refractivity contribution in [3.05, 3.63) is 46.5 Å². The quantitative estimate of drug-likeness (QED) is 0.393. The average Bonchev–Trinajstić information content (AvgIpc) is 2.58. The van der Waals surface area contributed by atoms with Crippen molar-refractivity contribution in [2.24, 2.45) is 12.2 Å². The van der Waals surface area contributed by atoms with E-state index in [1.807, 2.05) is 29.9 Å². The number of nitrogens with zero attached hydrogens (tertiary/aromatic N) is 4. The molecule has 70 valence electrons. The van der Waals surface area contributed by atoms with Crippen LogP contribution in [0.3, 0.4) is 0 Å². The van der Waals surface area contributed by atoms with Crippen LogP contribution in [-0.2, 0) is 13.6 Å². The van der Waals surface area contributed by atoms with Crippen LogP contribution in [0.4, 0.5) is 0 Å². The lowest BCUT2D eigenvalue weighted by Crippen LogP contribution is -1.90. The van der Waals surface area contributed by atoms with E-state index in [0.717, 1.165) is 11.1 Å². The Morgan fingerprint density at radius 1 is 1.43 bits per heavy atom. The third-order valence-electron chi connectivity index (χ3n) is 2.29. The number of hydrogen-bond acceptors (Lipinski definition) is 1. The molecule has 0 aliphatic carbocycles. The smallest absolute Gasteiger partial charge is 0.0531 e. The lowest BCUT2D eigenvalue weighted by atomic mass is 10.1. The van der Waals surface area contributed by atoms with Crippen molar-refractivity contribution in [2.75, 3.05) is 0 Å². The molecular weight excluding hydrogens is 176 g/mol. The van der Waals surface area contributed by atoms with Gasteiger partial charge in [-0.3, -0.25) is 0 Å². The van der Waals surface area contributed by atoms with Crippen molar-refractivity contribution >= 4 is 10.9 Å². The maximum Gasteiger partial charge on any atom is 0.0531 e. The van der Waals surface area contributed by atoms with Crippen molar-refractivity contribution < 1.29 is 0 Å². The molecule has 14 heavy (non-hydrogen) atoms. The molecule has 2 aromatic rings. The number of fused-ring (bicyclic) bond motifs is 1. The predicted molar refractivity (Wildman–Crippen MR) is 55.8 cm³/mol. The van der Waals surface area contributed by atoms with Gasteiger partial charge < -0.3 is 4.57 Å². The summed E-state index contributed by atoms with van der Waals surface area (Å²) in [6.07, 6.45) is 2.00. The fraction of sp³-hybridized carbons (Fsp3) is 0.200. The molecule has 2 rings (SSSR count). The second-order valence-corrected chi connectivity index (χ2v) is 3.17. The Labute approximate surface area is 81.4 Å². The van der Waals surface area contributed by atoms with Crippen LogP contribution in [-0.4, -0.2) is 4.57 Å². The van der Waals surface area contributed by atoms with Gasteiger partial charge in [0, 0.05) is 18.2 Å². The number of aryl methyl sites for hydroxylation is 1. The second kappa shape index (κ2) is 3.44. The Kier molecular flexibility index (Phi) is 2.13. The Morgan fingerprint density at radius 3 is 3.07 bits per heavy atom. The third kappa shape index (κ3) is 1.32. The van der Waals surface area contributed by atoms with Gasteiger partial charge in [-0.25, -0.2) is 0 Å². The fourth-order valence-electron chi connectivity index (χ4n) is 1.68. The summed E-state index contributed by atoms with van der Waals surface area (Å²) in [5.74, 6) is 0. The van der Waals surface area contributed by atoms with Crippen molar-refractivity contribution in [2.45, 2.75) is 6.54 Å². The predicted octanol–water partition coefficient (Wildman–Crippen LogP) is 2.99. The average molecular weight is 186 g/mol. The largest absolute Gasteiger partial charge is 0.350 e. The Hall–Kier alpha value is -1.93. The highest BCUT2D eigenvalue weighted by Gasteiger charge is 2.02. The molecule has 4 nitrogen and oxygen atoms in total. The molecule has 4 heteroatoms. The van der Waals surface area contributed by atoms with Gasteiger partial charge in [-0.15, -0.1) is 0 Å². The molecule has 0 atom stereocenters. The summed E-state index contributed by atoms with van der Waals surface area (Å²) in [7, 11) is 1.99. The maximum absolute atomic E-state index is 8.27. The molecular formula is C10H10N4. The first-order valence-corrected chi connectivity index (χ1v) is 4.36. The molecule has 1 aromatic heterocycles. The molecule has 0 spiro atoms. The van der Waals surface area contributed by atoms with Crippen molar-refractivity contribution in [3.8, 4) is 0 Å². The van der Waals surface area contributed by atoms with Gasteiger partial charge in [-0.1, -0.05) is 23.3 Å². The number of azide groups is 1. The zero-order valence-electron chi connectivity index (χ0n) is 7.88. The van der Waals surface area contributed by atoms with Gasteiger partial charge in [0.15, 0.2) is 0 Å². The minimum Gasteiger partial charge on any atom is -0.350 e. The van der Waals surface area contributed by atoms with E-state index < -0.39 is 0 Å². The minimum absolute atomic E-state index is 0.408. The van der Waals surface area contributed by atoms with Gasteiger partial charge in [0.1, 0.15) is 0 Å². The first kappa shape index (κ1) is 8.66. The summed E-state index contributed by atoms with van der Waals surface area (Å²) in [5, 5.41) is 4.76. The van der Waals surface area contributed by atoms with Gasteiger partial charge in [-0.05, 0) is 22.5 Å². The highest BCUT2D eigenvalue weighted by molar-refractivity contribution is 5.83. The van der Waals surface area contributed by atoms with Crippen LogP contribution < -0.4 is 0 Å². The van der Waals surface area contributed by atoms with Crippen LogP contribution >= 0.6 is 0 Å². The summed E-state index contributed by atoms with van der Waals surface area (Å²) in [6.45, 7) is 0.408. The van der Waals surface area contributed by atoms with Crippen LogP contribution in [0.5, 0.6) is 0 Å². The van der Waals surface area contributed by atoms with E-state index in [1.54, 1.807) is 0 Å². The summed E-state index contributed by atoms with van der Waals surface area (Å²) in [6, 6.07) is 8.06. The molecule has 0 saturated carbocycles. The number of rotatable bonds is 2. The van der Waals surface area contributed by atoms with Crippen LogP contribution in [0.2, 0.25) is 0 Å². The number of hydrogen-bond donors (Lipinski definition) is 0. The van der Waals surface area contributed by atoms with E-state index in [1.165, 1.54) is 5.39 Å². The Morgan fingerprint density at radius 2 is 2.29 bits per heavy atom. The third-order valence-corrected chi connectivity index (χ3v) is 2.29. The van der Waals surface area contributed by atoms with Crippen molar-refractivity contribution in [1.82, 2.24) is 4.57 Å². The van der Waals surface area contributed by atoms with Gasteiger partial charge in [-0.2, -0.15) is 0 Å². The summed E-state index contributed by atoms with van der Waals surface area (Å²) >= 11 is 0. The zero-order chi connectivity index (χ0) is 9.97. The van der Waals surface area contributed by atoms with E-state index in [2.05, 4.69) is 22.2 Å². The van der Waals surface area contributed by atoms with Crippen LogP contribution in [0.15, 0.2) is 35.6 Å². The minimum atomic E-state index is 0.408. The molecule has 0 fully saturated rings.